The van der Waals surface area contributed by atoms with Gasteiger partial charge in [0, 0.05) is 28.6 Å². The van der Waals surface area contributed by atoms with Crippen molar-refractivity contribution in [2.45, 2.75) is 6.54 Å². The van der Waals surface area contributed by atoms with E-state index in [1.165, 1.54) is 43.1 Å². The van der Waals surface area contributed by atoms with Crippen molar-refractivity contribution in [1.29, 1.82) is 0 Å². The highest BCUT2D eigenvalue weighted by Crippen LogP contribution is 2.39. The number of pyridine rings is 1. The Balaban J connectivity index is 1.60. The summed E-state index contributed by atoms with van der Waals surface area (Å²) in [5.74, 6) is -1.84. The lowest BCUT2D eigenvalue weighted by molar-refractivity contribution is 0.260. The molecule has 7 rings (SSSR count). The molecule has 7 aromatic rings. The molecule has 0 aliphatic heterocycles. The molecule has 0 spiro atoms. The number of furan rings is 1. The van der Waals surface area contributed by atoms with Crippen molar-refractivity contribution in [2.75, 3.05) is 0 Å². The second-order valence-corrected chi connectivity index (χ2v) is 8.87. The number of rotatable bonds is 2. The lowest BCUT2D eigenvalue weighted by Crippen LogP contribution is -2.26. The number of aromatic nitrogens is 4. The Bertz CT molecular complexity index is 2280. The second kappa shape index (κ2) is 7.69. The molecule has 2 aromatic carbocycles. The van der Waals surface area contributed by atoms with Gasteiger partial charge in [0.15, 0.2) is 5.81 Å². The zero-order valence-corrected chi connectivity index (χ0v) is 19.5. The molecule has 0 saturated heterocycles. The van der Waals surface area contributed by atoms with Crippen molar-refractivity contribution in [2.24, 2.45) is 0 Å². The molecule has 0 radical (unpaired) electrons. The summed E-state index contributed by atoms with van der Waals surface area (Å²) in [4.78, 5) is 46.1. The van der Waals surface area contributed by atoms with Crippen molar-refractivity contribution in [1.82, 2.24) is 19.1 Å². The molecule has 0 N–H and O–H groups in total. The third-order valence-electron chi connectivity index (χ3n) is 6.73. The fourth-order valence-corrected chi connectivity index (χ4v) is 5.05. The highest BCUT2D eigenvalue weighted by molar-refractivity contribution is 6.57. The Hall–Kier alpha value is -5.13. The van der Waals surface area contributed by atoms with Crippen LogP contribution in [0.3, 0.4) is 0 Å². The second-order valence-electron chi connectivity index (χ2n) is 8.87. The molecule has 12 heteroatoms. The van der Waals surface area contributed by atoms with E-state index < -0.39 is 28.6 Å². The van der Waals surface area contributed by atoms with Crippen molar-refractivity contribution < 1.29 is 22.4 Å². The van der Waals surface area contributed by atoms with E-state index in [1.54, 1.807) is 12.1 Å². The molecule has 9 nitrogen and oxygen atoms in total. The van der Waals surface area contributed by atoms with Crippen LogP contribution in [0.1, 0.15) is 5.56 Å². The van der Waals surface area contributed by atoms with Gasteiger partial charge in [-0.2, -0.15) is 0 Å². The van der Waals surface area contributed by atoms with Gasteiger partial charge in [-0.1, -0.05) is 0 Å². The molecule has 38 heavy (non-hydrogen) atoms. The third-order valence-corrected chi connectivity index (χ3v) is 6.73. The Kier molecular flexibility index (Phi) is 4.47. The molecule has 0 aliphatic carbocycles. The molecule has 184 valence electrons. The summed E-state index contributed by atoms with van der Waals surface area (Å²) < 4.78 is 43.8. The Labute approximate surface area is 209 Å². The normalized spacial score (nSPS) is 11.9. The molecule has 0 saturated carbocycles. The molecule has 5 aromatic heterocycles. The topological polar surface area (TPSA) is 113 Å². The molecule has 0 amide bonds. The summed E-state index contributed by atoms with van der Waals surface area (Å²) in [5, 5.41) is 1.58. The van der Waals surface area contributed by atoms with Gasteiger partial charge in [0.2, 0.25) is 13.6 Å². The predicted molar refractivity (Wildman–Crippen MR) is 137 cm³/mol. The molecule has 0 fully saturated rings. The maximum absolute atomic E-state index is 15.3. The largest absolute Gasteiger partial charge is 0.463 e. The first-order chi connectivity index (χ1) is 18.3. The lowest BCUT2D eigenvalue weighted by Gasteiger charge is -2.10. The number of carbonyl (C=O) groups is 1. The van der Waals surface area contributed by atoms with Gasteiger partial charge in [-0.15, -0.1) is 0 Å². The Morgan fingerprint density at radius 2 is 1.84 bits per heavy atom. The third kappa shape index (κ3) is 2.94. The van der Waals surface area contributed by atoms with E-state index in [1.807, 2.05) is 0 Å². The number of nitrogens with zero attached hydrogens (tertiary/aromatic N) is 4. The van der Waals surface area contributed by atoms with Crippen molar-refractivity contribution in [3.8, 4) is 0 Å². The molecule has 0 bridgehead atoms. The molecular formula is C26H13BF2N4O5. The number of fused-ring (bicyclic) bond motifs is 8. The van der Waals surface area contributed by atoms with E-state index in [0.29, 0.717) is 16.2 Å². The Morgan fingerprint density at radius 3 is 2.66 bits per heavy atom. The smallest absolute Gasteiger partial charge is 0.362 e. The predicted octanol–water partition coefficient (Wildman–Crippen LogP) is 3.68. The Morgan fingerprint density at radius 1 is 1.00 bits per heavy atom. The van der Waals surface area contributed by atoms with Gasteiger partial charge in [-0.05, 0) is 30.3 Å². The monoisotopic (exact) mass is 510 g/mol. The van der Waals surface area contributed by atoms with Gasteiger partial charge in [0.25, 0.3) is 5.56 Å². The first kappa shape index (κ1) is 22.1. The molecule has 5 heterocycles. The summed E-state index contributed by atoms with van der Waals surface area (Å²) in [6.45, 7) is -0.266. The van der Waals surface area contributed by atoms with E-state index in [4.69, 9.17) is 8.83 Å². The lowest BCUT2D eigenvalue weighted by atomic mass is 10.1. The van der Waals surface area contributed by atoms with Crippen LogP contribution in [-0.4, -0.2) is 32.8 Å². The molecule has 0 unspecified atom stereocenters. The number of benzene rings is 2. The van der Waals surface area contributed by atoms with Gasteiger partial charge in [-0.3, -0.25) is 9.59 Å². The van der Waals surface area contributed by atoms with Crippen LogP contribution < -0.4 is 11.2 Å². The number of carbonyl (C=O) groups excluding carboxylic acids is 1. The van der Waals surface area contributed by atoms with E-state index in [-0.39, 0.29) is 50.7 Å². The number of hydrogen-bond acceptors (Lipinski definition) is 7. The fraction of sp³-hybridized carbons (Fsp3) is 0.0385. The average Bonchev–Trinajstić information content (AvgIpc) is 3.49. The van der Waals surface area contributed by atoms with E-state index in [9.17, 15) is 14.4 Å². The van der Waals surface area contributed by atoms with Crippen LogP contribution in [0.5, 0.6) is 0 Å². The zero-order valence-electron chi connectivity index (χ0n) is 19.5. The maximum Gasteiger partial charge on any atom is 0.362 e. The maximum atomic E-state index is 15.3. The van der Waals surface area contributed by atoms with Crippen LogP contribution in [0.4, 0.5) is 13.6 Å². The van der Waals surface area contributed by atoms with E-state index in [0.717, 1.165) is 17.0 Å². The highest BCUT2D eigenvalue weighted by atomic mass is 19.1. The highest BCUT2D eigenvalue weighted by Gasteiger charge is 2.24. The van der Waals surface area contributed by atoms with Gasteiger partial charge in [0.1, 0.15) is 29.1 Å². The van der Waals surface area contributed by atoms with Crippen LogP contribution in [0.15, 0.2) is 73.6 Å². The molecule has 0 aliphatic rings. The van der Waals surface area contributed by atoms with Crippen molar-refractivity contribution in [3.63, 3.8) is 0 Å². The summed E-state index contributed by atoms with van der Waals surface area (Å²) in [6.07, 6.45) is 3.86. The fourth-order valence-electron chi connectivity index (χ4n) is 5.05. The summed E-state index contributed by atoms with van der Waals surface area (Å²) in [7, 11) is 1.21. The first-order valence-corrected chi connectivity index (χ1v) is 11.4. The summed E-state index contributed by atoms with van der Waals surface area (Å²) in [5.41, 5.74) is -0.729. The standard InChI is InChI=1S/C26H13BF2N4O5/c27-26(36)33-10-31-17-7-15(28)11(6-14(17)24(33)34)9-32-18-8-16(29)12-3-5-37-22(12)20(18)19-13-2-1-4-30-23(13)38-25(35)21(19)32/h1-8,10H,9,27H2. The zero-order chi connectivity index (χ0) is 26.3. The van der Waals surface area contributed by atoms with Crippen molar-refractivity contribution >= 4 is 68.4 Å². The van der Waals surface area contributed by atoms with Gasteiger partial charge < -0.3 is 13.4 Å². The van der Waals surface area contributed by atoms with Gasteiger partial charge in [0.05, 0.1) is 40.0 Å². The molecule has 0 atom stereocenters. The van der Waals surface area contributed by atoms with Crippen LogP contribution in [0.2, 0.25) is 0 Å². The summed E-state index contributed by atoms with van der Waals surface area (Å²) >= 11 is 0. The molecular weight excluding hydrogens is 497 g/mol. The van der Waals surface area contributed by atoms with Crippen LogP contribution in [0, 0.1) is 11.6 Å². The van der Waals surface area contributed by atoms with Crippen LogP contribution >= 0.6 is 0 Å². The average molecular weight is 510 g/mol. The SMILES string of the molecule is BC(=O)n1cnc2cc(F)c(Cn3c4cc(F)c5ccoc5c4c4c5cccnc5oc(=O)c43)cc2c1=O. The van der Waals surface area contributed by atoms with Crippen LogP contribution in [-0.2, 0) is 6.54 Å². The minimum atomic E-state index is -0.760. The quantitative estimate of drug-likeness (QED) is 0.326. The minimum absolute atomic E-state index is 0.0150. The summed E-state index contributed by atoms with van der Waals surface area (Å²) in [6, 6.07) is 8.47. The van der Waals surface area contributed by atoms with E-state index in [2.05, 4.69) is 9.97 Å². The van der Waals surface area contributed by atoms with Gasteiger partial charge in [-0.25, -0.2) is 28.1 Å². The minimum Gasteiger partial charge on any atom is -0.463 e. The number of halogens is 2. The van der Waals surface area contributed by atoms with E-state index >= 15 is 8.78 Å². The van der Waals surface area contributed by atoms with Gasteiger partial charge >= 0.3 is 5.63 Å². The number of hydrogen-bond donors (Lipinski definition) is 0. The van der Waals surface area contributed by atoms with Crippen molar-refractivity contribution in [3.05, 3.63) is 93.2 Å². The van der Waals surface area contributed by atoms with Crippen LogP contribution in [0.25, 0.3) is 54.8 Å². The first-order valence-electron chi connectivity index (χ1n) is 11.4.